The summed E-state index contributed by atoms with van der Waals surface area (Å²) in [5, 5.41) is 3.77. The number of carbonyl (C=O) groups is 3. The van der Waals surface area contributed by atoms with Crippen LogP contribution in [0.25, 0.3) is 0 Å². The molecule has 3 amide bonds. The lowest BCUT2D eigenvalue weighted by molar-refractivity contribution is -0.126. The van der Waals surface area contributed by atoms with Crippen LogP contribution in [-0.4, -0.2) is 17.7 Å². The number of nitrogens with zero attached hydrogens (tertiary/aromatic N) is 1. The van der Waals surface area contributed by atoms with Gasteiger partial charge in [0.05, 0.1) is 5.69 Å². The molecule has 1 saturated heterocycles. The lowest BCUT2D eigenvalue weighted by Gasteiger charge is -2.26. The number of amides is 3. The summed E-state index contributed by atoms with van der Waals surface area (Å²) in [6, 6.07) is 11.3. The Bertz CT molecular complexity index is 939. The van der Waals surface area contributed by atoms with Gasteiger partial charge in [-0.3, -0.25) is 14.4 Å². The second kappa shape index (κ2) is 7.94. The molecule has 1 heterocycles. The van der Waals surface area contributed by atoms with Gasteiger partial charge in [0.2, 0.25) is 5.91 Å². The summed E-state index contributed by atoms with van der Waals surface area (Å²) in [7, 11) is 0. The zero-order valence-electron chi connectivity index (χ0n) is 14.3. The number of nitrogens with one attached hydrogen (secondary N) is 1. The predicted molar refractivity (Wildman–Crippen MR) is 105 cm³/mol. The highest BCUT2D eigenvalue weighted by atomic mass is 35.5. The van der Waals surface area contributed by atoms with Crippen LogP contribution >= 0.6 is 23.2 Å². The van der Waals surface area contributed by atoms with Crippen molar-refractivity contribution in [2.75, 3.05) is 4.90 Å². The van der Waals surface area contributed by atoms with E-state index in [-0.39, 0.29) is 24.8 Å². The fourth-order valence-corrected chi connectivity index (χ4v) is 3.19. The fraction of sp³-hybridized carbons (Fsp3) is 0.150. The van der Waals surface area contributed by atoms with E-state index >= 15 is 0 Å². The summed E-state index contributed by atoms with van der Waals surface area (Å²) in [5.41, 5.74) is 1.97. The van der Waals surface area contributed by atoms with Gasteiger partial charge in [-0.25, -0.2) is 4.90 Å². The molecule has 1 aliphatic heterocycles. The van der Waals surface area contributed by atoms with Gasteiger partial charge < -0.3 is 5.32 Å². The third-order valence-electron chi connectivity index (χ3n) is 4.24. The molecule has 0 bridgehead atoms. The van der Waals surface area contributed by atoms with E-state index in [1.807, 2.05) is 0 Å². The van der Waals surface area contributed by atoms with Crippen LogP contribution < -0.4 is 10.2 Å². The summed E-state index contributed by atoms with van der Waals surface area (Å²) in [6.07, 6.45) is 0.622. The van der Waals surface area contributed by atoms with Crippen molar-refractivity contribution in [1.82, 2.24) is 5.32 Å². The van der Waals surface area contributed by atoms with Gasteiger partial charge >= 0.3 is 0 Å². The molecule has 2 aromatic carbocycles. The number of hydrogen-bond donors (Lipinski definition) is 1. The number of imide groups is 1. The molecular formula is C20H16Cl2N2O3. The first-order valence-corrected chi connectivity index (χ1v) is 8.99. The Balaban J connectivity index is 1.69. The van der Waals surface area contributed by atoms with E-state index in [9.17, 15) is 14.4 Å². The topological polar surface area (TPSA) is 66.5 Å². The molecular weight excluding hydrogens is 387 g/mol. The highest BCUT2D eigenvalue weighted by Gasteiger charge is 2.30. The van der Waals surface area contributed by atoms with E-state index < -0.39 is 5.91 Å². The Morgan fingerprint density at radius 2 is 1.78 bits per heavy atom. The van der Waals surface area contributed by atoms with Gasteiger partial charge in [0.25, 0.3) is 11.8 Å². The first-order chi connectivity index (χ1) is 12.9. The van der Waals surface area contributed by atoms with Gasteiger partial charge in [-0.05, 0) is 48.4 Å². The van der Waals surface area contributed by atoms with E-state index in [1.165, 1.54) is 0 Å². The van der Waals surface area contributed by atoms with Crippen molar-refractivity contribution in [1.29, 1.82) is 0 Å². The molecule has 27 heavy (non-hydrogen) atoms. The molecule has 5 nitrogen and oxygen atoms in total. The SMILES string of the molecule is C=C1CCC(=O)N(c2ccc(C(=O)NCc3ccc(Cl)cc3Cl)cc2)C1=O. The standard InChI is InChI=1S/C20H16Cl2N2O3/c1-12-2-9-18(25)24(20(12)27)16-7-4-13(5-8-16)19(26)23-11-14-3-6-15(21)10-17(14)22/h3-8,10H,1-2,9,11H2,(H,23,26). The van der Waals surface area contributed by atoms with Crippen molar-refractivity contribution in [2.24, 2.45) is 0 Å². The van der Waals surface area contributed by atoms with Crippen LogP contribution in [-0.2, 0) is 16.1 Å². The van der Waals surface area contributed by atoms with E-state index in [0.717, 1.165) is 10.5 Å². The van der Waals surface area contributed by atoms with Gasteiger partial charge in [-0.1, -0.05) is 35.8 Å². The fourth-order valence-electron chi connectivity index (χ4n) is 2.71. The number of rotatable bonds is 4. The third kappa shape index (κ3) is 4.21. The molecule has 0 saturated carbocycles. The first-order valence-electron chi connectivity index (χ1n) is 8.24. The van der Waals surface area contributed by atoms with E-state index in [4.69, 9.17) is 23.2 Å². The summed E-state index contributed by atoms with van der Waals surface area (Å²) >= 11 is 11.9. The second-order valence-electron chi connectivity index (χ2n) is 6.10. The lowest BCUT2D eigenvalue weighted by atomic mass is 10.0. The third-order valence-corrected chi connectivity index (χ3v) is 4.82. The molecule has 138 valence electrons. The Morgan fingerprint density at radius 1 is 1.07 bits per heavy atom. The number of hydrogen-bond acceptors (Lipinski definition) is 3. The molecule has 7 heteroatoms. The molecule has 2 aromatic rings. The van der Waals surface area contributed by atoms with Crippen molar-refractivity contribution < 1.29 is 14.4 Å². The van der Waals surface area contributed by atoms with Crippen LogP contribution in [0.1, 0.15) is 28.8 Å². The predicted octanol–water partition coefficient (Wildman–Crippen LogP) is 4.13. The smallest absolute Gasteiger partial charge is 0.260 e. The molecule has 1 N–H and O–H groups in total. The highest BCUT2D eigenvalue weighted by Crippen LogP contribution is 2.25. The van der Waals surface area contributed by atoms with Crippen LogP contribution in [0.3, 0.4) is 0 Å². The van der Waals surface area contributed by atoms with Crippen molar-refractivity contribution in [2.45, 2.75) is 19.4 Å². The minimum atomic E-state index is -0.402. The lowest BCUT2D eigenvalue weighted by Crippen LogP contribution is -2.41. The summed E-state index contributed by atoms with van der Waals surface area (Å²) in [4.78, 5) is 37.6. The second-order valence-corrected chi connectivity index (χ2v) is 6.95. The van der Waals surface area contributed by atoms with E-state index in [0.29, 0.717) is 33.3 Å². The van der Waals surface area contributed by atoms with Crippen molar-refractivity contribution in [3.05, 3.63) is 75.8 Å². The number of anilines is 1. The number of carbonyl (C=O) groups excluding carboxylic acids is 3. The highest BCUT2D eigenvalue weighted by molar-refractivity contribution is 6.35. The monoisotopic (exact) mass is 402 g/mol. The van der Waals surface area contributed by atoms with Crippen LogP contribution in [0.5, 0.6) is 0 Å². The maximum absolute atomic E-state index is 12.3. The molecule has 0 atom stereocenters. The molecule has 0 spiro atoms. The van der Waals surface area contributed by atoms with Crippen LogP contribution in [0.15, 0.2) is 54.6 Å². The van der Waals surface area contributed by atoms with E-state index in [2.05, 4.69) is 11.9 Å². The summed E-state index contributed by atoms with van der Waals surface area (Å²) < 4.78 is 0. The van der Waals surface area contributed by atoms with Crippen LogP contribution in [0.4, 0.5) is 5.69 Å². The van der Waals surface area contributed by atoms with Gasteiger partial charge in [0.15, 0.2) is 0 Å². The zero-order chi connectivity index (χ0) is 19.6. The van der Waals surface area contributed by atoms with Crippen LogP contribution in [0, 0.1) is 0 Å². The maximum atomic E-state index is 12.3. The van der Waals surface area contributed by atoms with Crippen molar-refractivity contribution in [3.63, 3.8) is 0 Å². The van der Waals surface area contributed by atoms with Gasteiger partial charge in [-0.15, -0.1) is 0 Å². The Kier molecular flexibility index (Phi) is 5.63. The van der Waals surface area contributed by atoms with Gasteiger partial charge in [0.1, 0.15) is 0 Å². The largest absolute Gasteiger partial charge is 0.348 e. The van der Waals surface area contributed by atoms with Crippen molar-refractivity contribution in [3.8, 4) is 0 Å². The quantitative estimate of drug-likeness (QED) is 0.617. The molecule has 1 aliphatic rings. The minimum absolute atomic E-state index is 0.245. The molecule has 3 rings (SSSR count). The molecule has 0 aliphatic carbocycles. The number of halogens is 2. The molecule has 0 unspecified atom stereocenters. The Morgan fingerprint density at radius 3 is 2.44 bits per heavy atom. The zero-order valence-corrected chi connectivity index (χ0v) is 15.8. The van der Waals surface area contributed by atoms with Crippen molar-refractivity contribution >= 4 is 46.6 Å². The normalized spacial score (nSPS) is 14.4. The van der Waals surface area contributed by atoms with Crippen LogP contribution in [0.2, 0.25) is 10.0 Å². The molecule has 0 radical (unpaired) electrons. The summed E-state index contributed by atoms with van der Waals surface area (Å²) in [5.74, 6) is -0.976. The average Bonchev–Trinajstić information content (AvgIpc) is 2.65. The molecule has 0 aromatic heterocycles. The number of piperidine rings is 1. The average molecular weight is 403 g/mol. The Labute approximate surface area is 166 Å². The van der Waals surface area contributed by atoms with E-state index in [1.54, 1.807) is 42.5 Å². The first kappa shape index (κ1) is 19.1. The van der Waals surface area contributed by atoms with Gasteiger partial charge in [-0.2, -0.15) is 0 Å². The van der Waals surface area contributed by atoms with Gasteiger partial charge in [0, 0.05) is 34.1 Å². The number of benzene rings is 2. The summed E-state index contributed by atoms with van der Waals surface area (Å²) in [6.45, 7) is 3.94. The molecule has 1 fully saturated rings. The minimum Gasteiger partial charge on any atom is -0.348 e. The maximum Gasteiger partial charge on any atom is 0.260 e. The Hall–Kier alpha value is -2.63.